The molecule has 2 amide bonds. The summed E-state index contributed by atoms with van der Waals surface area (Å²) in [5, 5.41) is 9.81. The number of rotatable bonds is 8. The molecule has 2 aromatic rings. The Morgan fingerprint density at radius 2 is 1.59 bits per heavy atom. The van der Waals surface area contributed by atoms with Crippen molar-refractivity contribution >= 4 is 18.2 Å². The summed E-state index contributed by atoms with van der Waals surface area (Å²) in [6, 6.07) is 13.6. The lowest BCUT2D eigenvalue weighted by Crippen LogP contribution is -2.50. The van der Waals surface area contributed by atoms with Crippen LogP contribution in [0.15, 0.2) is 48.5 Å². The average Bonchev–Trinajstić information content (AvgIpc) is 3.11. The Labute approximate surface area is 201 Å². The Bertz CT molecular complexity index is 1040. The van der Waals surface area contributed by atoms with Gasteiger partial charge in [-0.1, -0.05) is 48.5 Å². The molecule has 0 spiro atoms. The van der Waals surface area contributed by atoms with E-state index in [0.29, 0.717) is 24.3 Å². The van der Waals surface area contributed by atoms with Gasteiger partial charge in [0.15, 0.2) is 0 Å². The maximum atomic E-state index is 13.2. The Hall–Kier alpha value is -3.39. The van der Waals surface area contributed by atoms with E-state index in [4.69, 9.17) is 16.6 Å². The predicted octanol–water partition coefficient (Wildman–Crippen LogP) is 4.75. The zero-order valence-corrected chi connectivity index (χ0v) is 19.7. The molecule has 0 aromatic heterocycles. The third-order valence-corrected chi connectivity index (χ3v) is 5.50. The number of aliphatic carboxylic acids is 1. The smallest absolute Gasteiger partial charge is 0.420 e. The number of carboxylic acids is 1. The molecule has 182 valence electrons. The Morgan fingerprint density at radius 1 is 1.03 bits per heavy atom. The molecule has 8 heteroatoms. The minimum atomic E-state index is -1.51. The van der Waals surface area contributed by atoms with Gasteiger partial charge in [0, 0.05) is 5.92 Å². The minimum Gasteiger partial charge on any atom is -0.480 e. The second kappa shape index (κ2) is 10.7. The number of imide groups is 1. The van der Waals surface area contributed by atoms with E-state index in [1.54, 1.807) is 20.8 Å². The summed E-state index contributed by atoms with van der Waals surface area (Å²) in [6.07, 6.45) is -1.48. The van der Waals surface area contributed by atoms with Gasteiger partial charge in [-0.05, 0) is 68.8 Å². The van der Waals surface area contributed by atoms with Crippen LogP contribution >= 0.6 is 0 Å². The number of carboxylic acid groups (broad SMARTS) is 1. The second-order valence-corrected chi connectivity index (χ2v) is 9.16. The summed E-state index contributed by atoms with van der Waals surface area (Å²) in [5.74, 6) is -1.96. The lowest BCUT2D eigenvalue weighted by Gasteiger charge is -2.29. The molecule has 0 bridgehead atoms. The molecule has 0 heterocycles. The number of unbranched alkanes of at least 4 members (excludes halogenated alkanes) is 1. The lowest BCUT2D eigenvalue weighted by atomic mass is 9.98. The van der Waals surface area contributed by atoms with E-state index >= 15 is 0 Å². The highest BCUT2D eigenvalue weighted by molar-refractivity contribution is 5.93. The van der Waals surface area contributed by atoms with Gasteiger partial charge in [0.2, 0.25) is 0 Å². The standard InChI is InChI=1S/C26H32N2O6/c1-26(2,3)34-25(32)28(22(23(29)30)14-8-9-15-27)24(31)33-16-21-19-12-6-4-10-17(19)18-11-5-7-13-20(18)21/h4-7,10-13,21-22H,8-9,14-16,27H2,1-3H3,(H,29,30)/t22-/m0/s1/i16D/t16?,22-. The highest BCUT2D eigenvalue weighted by atomic mass is 16.6. The summed E-state index contributed by atoms with van der Waals surface area (Å²) in [4.78, 5) is 38.7. The molecular formula is C26H32N2O6. The molecule has 0 saturated heterocycles. The quantitative estimate of drug-likeness (QED) is 0.535. The van der Waals surface area contributed by atoms with Crippen LogP contribution in [-0.4, -0.2) is 52.9 Å². The van der Waals surface area contributed by atoms with Crippen molar-refractivity contribution < 1.29 is 30.3 Å². The fourth-order valence-electron chi connectivity index (χ4n) is 4.01. The van der Waals surface area contributed by atoms with Gasteiger partial charge < -0.3 is 20.3 Å². The molecule has 2 atom stereocenters. The molecule has 2 aromatic carbocycles. The van der Waals surface area contributed by atoms with Gasteiger partial charge in [0.1, 0.15) is 18.2 Å². The van der Waals surface area contributed by atoms with Crippen molar-refractivity contribution in [3.05, 3.63) is 59.7 Å². The summed E-state index contributed by atoms with van der Waals surface area (Å²) < 4.78 is 19.5. The van der Waals surface area contributed by atoms with Gasteiger partial charge in [-0.3, -0.25) is 0 Å². The monoisotopic (exact) mass is 469 g/mol. The van der Waals surface area contributed by atoms with Crippen LogP contribution in [0, 0.1) is 0 Å². The fourth-order valence-corrected chi connectivity index (χ4v) is 4.01. The van der Waals surface area contributed by atoms with Crippen LogP contribution in [0.1, 0.15) is 58.4 Å². The van der Waals surface area contributed by atoms with Gasteiger partial charge in [-0.2, -0.15) is 4.90 Å². The molecule has 0 fully saturated rings. The normalized spacial score (nSPS) is 14.9. The first-order valence-corrected chi connectivity index (χ1v) is 11.3. The maximum Gasteiger partial charge on any atom is 0.420 e. The van der Waals surface area contributed by atoms with Gasteiger partial charge in [0.25, 0.3) is 0 Å². The van der Waals surface area contributed by atoms with E-state index in [-0.39, 0.29) is 6.42 Å². The molecule has 3 N–H and O–H groups in total. The minimum absolute atomic E-state index is 0.0152. The third kappa shape index (κ3) is 5.75. The van der Waals surface area contributed by atoms with E-state index in [1.807, 2.05) is 48.5 Å². The summed E-state index contributed by atoms with van der Waals surface area (Å²) in [7, 11) is 0. The van der Waals surface area contributed by atoms with Crippen molar-refractivity contribution in [3.8, 4) is 11.1 Å². The molecule has 1 unspecified atom stereocenters. The molecule has 1 aliphatic rings. The van der Waals surface area contributed by atoms with Gasteiger partial charge in [-0.25, -0.2) is 14.4 Å². The number of hydrogen-bond acceptors (Lipinski definition) is 6. The van der Waals surface area contributed by atoms with Crippen molar-refractivity contribution in [1.29, 1.82) is 0 Å². The number of amides is 2. The van der Waals surface area contributed by atoms with Crippen LogP contribution in [0.4, 0.5) is 9.59 Å². The predicted molar refractivity (Wildman–Crippen MR) is 127 cm³/mol. The topological polar surface area (TPSA) is 119 Å². The number of benzene rings is 2. The fraction of sp³-hybridized carbons (Fsp3) is 0.423. The molecule has 0 radical (unpaired) electrons. The van der Waals surface area contributed by atoms with Crippen LogP contribution < -0.4 is 5.73 Å². The Morgan fingerprint density at radius 3 is 2.09 bits per heavy atom. The zero-order valence-electron chi connectivity index (χ0n) is 20.7. The van der Waals surface area contributed by atoms with Crippen molar-refractivity contribution in [1.82, 2.24) is 4.90 Å². The molecule has 34 heavy (non-hydrogen) atoms. The van der Waals surface area contributed by atoms with Crippen molar-refractivity contribution in [2.45, 2.75) is 57.6 Å². The van der Waals surface area contributed by atoms with Crippen LogP contribution in [0.25, 0.3) is 11.1 Å². The number of hydrogen-bond donors (Lipinski definition) is 2. The third-order valence-electron chi connectivity index (χ3n) is 5.50. The van der Waals surface area contributed by atoms with Gasteiger partial charge >= 0.3 is 18.2 Å². The van der Waals surface area contributed by atoms with E-state index in [1.165, 1.54) is 0 Å². The highest BCUT2D eigenvalue weighted by Crippen LogP contribution is 2.44. The molecule has 0 saturated carbocycles. The van der Waals surface area contributed by atoms with Crippen LogP contribution in [0.2, 0.25) is 0 Å². The first-order valence-electron chi connectivity index (χ1n) is 11.9. The van der Waals surface area contributed by atoms with Gasteiger partial charge in [-0.15, -0.1) is 0 Å². The molecule has 1 aliphatic carbocycles. The largest absolute Gasteiger partial charge is 0.480 e. The van der Waals surface area contributed by atoms with Crippen LogP contribution in [0.5, 0.6) is 0 Å². The second-order valence-electron chi connectivity index (χ2n) is 9.16. The van der Waals surface area contributed by atoms with E-state index in [0.717, 1.165) is 22.3 Å². The Balaban J connectivity index is 1.90. The van der Waals surface area contributed by atoms with Gasteiger partial charge in [0.05, 0.1) is 1.37 Å². The first-order chi connectivity index (χ1) is 16.5. The summed E-state index contributed by atoms with van der Waals surface area (Å²) in [6.45, 7) is 3.75. The number of carbonyl (C=O) groups is 3. The SMILES string of the molecule is [2H]C(OC(=O)N(C(=O)OC(C)(C)C)[C@@H](CCCCN)C(=O)O)C1c2ccccc2-c2ccccc21. The van der Waals surface area contributed by atoms with Crippen molar-refractivity contribution in [3.63, 3.8) is 0 Å². The zero-order chi connectivity index (χ0) is 25.8. The number of carbonyl (C=O) groups excluding carboxylic acids is 2. The number of ether oxygens (including phenoxy) is 2. The summed E-state index contributed by atoms with van der Waals surface area (Å²) in [5.41, 5.74) is 8.07. The molecular weight excluding hydrogens is 436 g/mol. The number of nitrogens with two attached hydrogens (primary N) is 1. The molecule has 8 nitrogen and oxygen atoms in total. The van der Waals surface area contributed by atoms with E-state index in [9.17, 15) is 19.5 Å². The van der Waals surface area contributed by atoms with Crippen LogP contribution in [-0.2, 0) is 14.3 Å². The highest BCUT2D eigenvalue weighted by Gasteiger charge is 2.39. The lowest BCUT2D eigenvalue weighted by molar-refractivity contribution is -0.143. The molecule has 3 rings (SSSR count). The Kier molecular flexibility index (Phi) is 7.47. The number of fused-ring (bicyclic) bond motifs is 3. The summed E-state index contributed by atoms with van der Waals surface area (Å²) >= 11 is 0. The average molecular weight is 470 g/mol. The first kappa shape index (κ1) is 23.8. The maximum absolute atomic E-state index is 13.2. The molecule has 0 aliphatic heterocycles. The van der Waals surface area contributed by atoms with E-state index in [2.05, 4.69) is 0 Å². The number of nitrogens with zero attached hydrogens (tertiary/aromatic N) is 1. The van der Waals surface area contributed by atoms with Crippen LogP contribution in [0.3, 0.4) is 0 Å². The van der Waals surface area contributed by atoms with E-state index < -0.39 is 42.3 Å². The van der Waals surface area contributed by atoms with Crippen molar-refractivity contribution in [2.24, 2.45) is 5.73 Å². The van der Waals surface area contributed by atoms with Crippen molar-refractivity contribution in [2.75, 3.05) is 13.1 Å².